The molecule has 0 spiro atoms. The second-order valence-electron chi connectivity index (χ2n) is 9.71. The predicted molar refractivity (Wildman–Crippen MR) is 173 cm³/mol. The lowest BCUT2D eigenvalue weighted by atomic mass is 9.93. The highest BCUT2D eigenvalue weighted by Crippen LogP contribution is 2.34. The highest BCUT2D eigenvalue weighted by molar-refractivity contribution is 6.03. The molecule has 5 rings (SSSR count). The highest BCUT2D eigenvalue weighted by Gasteiger charge is 2.12. The van der Waals surface area contributed by atoms with E-state index in [2.05, 4.69) is 59.7 Å². The molecule has 9 heteroatoms. The van der Waals surface area contributed by atoms with Crippen molar-refractivity contribution in [1.29, 1.82) is 5.41 Å². The van der Waals surface area contributed by atoms with E-state index in [1.165, 1.54) is 0 Å². The summed E-state index contributed by atoms with van der Waals surface area (Å²) in [4.78, 5) is 30.6. The van der Waals surface area contributed by atoms with E-state index >= 15 is 0 Å². The molecule has 0 bridgehead atoms. The number of allylic oxidation sites excluding steroid dienone is 2. The first kappa shape index (κ1) is 28.6. The first-order valence-corrected chi connectivity index (χ1v) is 13.4. The van der Waals surface area contributed by atoms with Crippen molar-refractivity contribution in [2.75, 3.05) is 0 Å². The Morgan fingerprint density at radius 2 is 1.26 bits per heavy atom. The van der Waals surface area contributed by atoms with Gasteiger partial charge in [-0.25, -0.2) is 20.0 Å². The average Bonchev–Trinajstić information content (AvgIpc) is 3.06. The molecule has 4 heterocycles. The summed E-state index contributed by atoms with van der Waals surface area (Å²) in [5.74, 6) is 1.06. The van der Waals surface area contributed by atoms with Crippen LogP contribution in [0.4, 0.5) is 0 Å². The molecule has 0 aliphatic heterocycles. The molecular weight excluding hydrogens is 534 g/mol. The molecule has 4 aromatic heterocycles. The first-order chi connectivity index (χ1) is 20.9. The van der Waals surface area contributed by atoms with Crippen LogP contribution in [0, 0.1) is 5.41 Å². The number of hydrogen-bond donors (Lipinski definition) is 2. The second kappa shape index (κ2) is 13.1. The van der Waals surface area contributed by atoms with Crippen molar-refractivity contribution in [3.05, 3.63) is 128 Å². The normalized spacial score (nSPS) is 11.7. The maximum Gasteiger partial charge on any atom is 0.160 e. The molecule has 43 heavy (non-hydrogen) atoms. The fraction of sp³-hybridized carbons (Fsp3) is 0.0588. The van der Waals surface area contributed by atoms with Gasteiger partial charge in [0.1, 0.15) is 5.84 Å². The third-order valence-corrected chi connectivity index (χ3v) is 6.32. The topological polar surface area (TPSA) is 139 Å². The number of aliphatic imine (C=N–C) groups is 2. The molecule has 210 valence electrons. The van der Waals surface area contributed by atoms with Crippen molar-refractivity contribution in [2.45, 2.75) is 13.8 Å². The van der Waals surface area contributed by atoms with E-state index in [9.17, 15) is 0 Å². The van der Waals surface area contributed by atoms with Gasteiger partial charge in [0.15, 0.2) is 11.7 Å². The number of nitrogens with two attached hydrogens (primary N) is 1. The van der Waals surface area contributed by atoms with Crippen LogP contribution in [0.1, 0.15) is 25.0 Å². The lowest BCUT2D eigenvalue weighted by Crippen LogP contribution is -2.13. The second-order valence-corrected chi connectivity index (χ2v) is 9.71. The minimum Gasteiger partial charge on any atom is -0.383 e. The van der Waals surface area contributed by atoms with Crippen molar-refractivity contribution in [2.24, 2.45) is 15.7 Å². The summed E-state index contributed by atoms with van der Waals surface area (Å²) in [6, 6.07) is 13.9. The molecule has 0 amide bonds. The van der Waals surface area contributed by atoms with Crippen LogP contribution in [-0.4, -0.2) is 42.8 Å². The number of pyridine rings is 3. The van der Waals surface area contributed by atoms with E-state index in [1.807, 2.05) is 44.3 Å². The van der Waals surface area contributed by atoms with Crippen molar-refractivity contribution in [1.82, 2.24) is 24.9 Å². The van der Waals surface area contributed by atoms with Gasteiger partial charge in [0.25, 0.3) is 0 Å². The van der Waals surface area contributed by atoms with Gasteiger partial charge in [0, 0.05) is 95.4 Å². The number of nitrogens with zero attached hydrogens (tertiary/aromatic N) is 7. The molecule has 9 nitrogen and oxygen atoms in total. The van der Waals surface area contributed by atoms with Crippen molar-refractivity contribution in [3.63, 3.8) is 0 Å². The molecule has 0 aliphatic carbocycles. The number of benzene rings is 1. The Hall–Kier alpha value is -5.96. The van der Waals surface area contributed by atoms with E-state index < -0.39 is 0 Å². The van der Waals surface area contributed by atoms with E-state index in [1.54, 1.807) is 61.9 Å². The van der Waals surface area contributed by atoms with Crippen LogP contribution >= 0.6 is 0 Å². The van der Waals surface area contributed by atoms with E-state index in [0.717, 1.165) is 44.5 Å². The summed E-state index contributed by atoms with van der Waals surface area (Å²) in [6.07, 6.45) is 18.9. The molecule has 0 aliphatic rings. The number of amidine groups is 2. The standard InChI is InChI=1S/C34H29N9/c1-4-6-40-32(35)29-12-26(16-37-19-29)23-9-24(27-13-30(20-38-17-27)33(36)43-15-22(2)3)11-25(10-23)28-14-31(21-39-18-28)34-41-7-5-8-42-34/h4-21,36H,2H2,1,3H3,(H2,35,40). The molecule has 0 unspecified atom stereocenters. The average molecular weight is 564 g/mol. The Bertz CT molecular complexity index is 1890. The Kier molecular flexibility index (Phi) is 8.73. The Morgan fingerprint density at radius 1 is 0.744 bits per heavy atom. The van der Waals surface area contributed by atoms with E-state index in [-0.39, 0.29) is 5.84 Å². The minimum atomic E-state index is 0.0984. The summed E-state index contributed by atoms with van der Waals surface area (Å²) < 4.78 is 0. The summed E-state index contributed by atoms with van der Waals surface area (Å²) in [7, 11) is 0. The fourth-order valence-corrected chi connectivity index (χ4v) is 4.24. The van der Waals surface area contributed by atoms with Crippen LogP contribution in [0.25, 0.3) is 44.8 Å². The minimum absolute atomic E-state index is 0.0984. The highest BCUT2D eigenvalue weighted by atomic mass is 14.9. The predicted octanol–water partition coefficient (Wildman–Crippen LogP) is 6.54. The molecular formula is C34H29N9. The molecule has 0 fully saturated rings. The van der Waals surface area contributed by atoms with Crippen LogP contribution < -0.4 is 5.73 Å². The molecule has 0 atom stereocenters. The molecule has 5 aromatic rings. The third kappa shape index (κ3) is 7.04. The molecule has 0 radical (unpaired) electrons. The summed E-state index contributed by atoms with van der Waals surface area (Å²) >= 11 is 0. The lowest BCUT2D eigenvalue weighted by Gasteiger charge is -2.13. The van der Waals surface area contributed by atoms with Gasteiger partial charge in [0.05, 0.1) is 0 Å². The molecule has 3 N–H and O–H groups in total. The number of nitrogens with one attached hydrogen (secondary N) is 1. The number of rotatable bonds is 8. The van der Waals surface area contributed by atoms with Gasteiger partial charge in [-0.1, -0.05) is 12.7 Å². The van der Waals surface area contributed by atoms with Gasteiger partial charge < -0.3 is 5.73 Å². The number of hydrogen-bond acceptors (Lipinski definition) is 7. The largest absolute Gasteiger partial charge is 0.383 e. The Morgan fingerprint density at radius 3 is 1.86 bits per heavy atom. The summed E-state index contributed by atoms with van der Waals surface area (Å²) in [5, 5.41) is 8.42. The Labute approximate surface area is 249 Å². The zero-order valence-corrected chi connectivity index (χ0v) is 23.8. The monoisotopic (exact) mass is 563 g/mol. The lowest BCUT2D eigenvalue weighted by molar-refractivity contribution is 1.16. The van der Waals surface area contributed by atoms with Gasteiger partial charge in [-0.3, -0.25) is 20.4 Å². The quantitative estimate of drug-likeness (QED) is 0.162. The van der Waals surface area contributed by atoms with Gasteiger partial charge in [0.2, 0.25) is 0 Å². The van der Waals surface area contributed by atoms with Crippen LogP contribution in [0.5, 0.6) is 0 Å². The smallest absolute Gasteiger partial charge is 0.160 e. The third-order valence-electron chi connectivity index (χ3n) is 6.32. The maximum atomic E-state index is 8.42. The van der Waals surface area contributed by atoms with Crippen LogP contribution in [0.15, 0.2) is 126 Å². The van der Waals surface area contributed by atoms with Crippen LogP contribution in [0.3, 0.4) is 0 Å². The van der Waals surface area contributed by atoms with E-state index in [0.29, 0.717) is 22.8 Å². The summed E-state index contributed by atoms with van der Waals surface area (Å²) in [5.41, 5.74) is 14.4. The van der Waals surface area contributed by atoms with Crippen LogP contribution in [0.2, 0.25) is 0 Å². The molecule has 1 aromatic carbocycles. The van der Waals surface area contributed by atoms with Crippen molar-refractivity contribution in [3.8, 4) is 44.8 Å². The van der Waals surface area contributed by atoms with Gasteiger partial charge in [-0.15, -0.1) is 0 Å². The van der Waals surface area contributed by atoms with Gasteiger partial charge >= 0.3 is 0 Å². The molecule has 0 saturated heterocycles. The SMILES string of the molecule is C=C(C)C=NC(=N)c1cncc(-c2cc(-c3cncc(C(N)=NC=CC)c3)cc(-c3cncc(-c4ncccn4)c3)c2)c1. The van der Waals surface area contributed by atoms with Crippen molar-refractivity contribution >= 4 is 17.9 Å². The fourth-order valence-electron chi connectivity index (χ4n) is 4.24. The van der Waals surface area contributed by atoms with Crippen LogP contribution in [-0.2, 0) is 0 Å². The Balaban J connectivity index is 1.65. The van der Waals surface area contributed by atoms with Gasteiger partial charge in [-0.05, 0) is 78.6 Å². The van der Waals surface area contributed by atoms with E-state index in [4.69, 9.17) is 11.1 Å². The maximum absolute atomic E-state index is 8.42. The number of aromatic nitrogens is 5. The van der Waals surface area contributed by atoms with Gasteiger partial charge in [-0.2, -0.15) is 0 Å². The first-order valence-electron chi connectivity index (χ1n) is 13.4. The van der Waals surface area contributed by atoms with Crippen molar-refractivity contribution < 1.29 is 0 Å². The molecule has 0 saturated carbocycles. The zero-order valence-electron chi connectivity index (χ0n) is 23.8. The summed E-state index contributed by atoms with van der Waals surface area (Å²) in [6.45, 7) is 7.53. The zero-order chi connectivity index (χ0) is 30.2.